The molecule has 3 rings (SSSR count). The number of nitrogen functional groups attached to an aromatic ring is 2. The van der Waals surface area contributed by atoms with E-state index in [9.17, 15) is 0 Å². The van der Waals surface area contributed by atoms with Crippen molar-refractivity contribution < 1.29 is 0 Å². The predicted molar refractivity (Wildman–Crippen MR) is 73.2 cm³/mol. The summed E-state index contributed by atoms with van der Waals surface area (Å²) < 4.78 is 2.24. The van der Waals surface area contributed by atoms with Crippen LogP contribution in [0.5, 0.6) is 0 Å². The maximum Gasteiger partial charge on any atom is 0.181 e. The normalized spacial score (nSPS) is 10.9. The van der Waals surface area contributed by atoms with Crippen LogP contribution < -0.4 is 11.5 Å². The fourth-order valence-corrected chi connectivity index (χ4v) is 2.02. The highest BCUT2D eigenvalue weighted by Gasteiger charge is 2.13. The molecule has 0 aliphatic carbocycles. The van der Waals surface area contributed by atoms with Gasteiger partial charge in [0.05, 0.1) is 15.7 Å². The second-order valence-electron chi connectivity index (χ2n) is 3.75. The Kier molecular flexibility index (Phi) is 2.41. The van der Waals surface area contributed by atoms with Crippen molar-refractivity contribution in [3.05, 3.63) is 34.9 Å². The molecular weight excluding hydrogens is 296 g/mol. The first-order chi connectivity index (χ1) is 8.68. The highest BCUT2D eigenvalue weighted by molar-refractivity contribution is 9.10. The van der Waals surface area contributed by atoms with Gasteiger partial charge in [-0.3, -0.25) is 0 Å². The Labute approximate surface area is 111 Å². The van der Waals surface area contributed by atoms with E-state index in [-0.39, 0.29) is 0 Å². The number of para-hydroxylation sites is 1. The number of aromatic nitrogens is 4. The summed E-state index contributed by atoms with van der Waals surface area (Å²) in [4.78, 5) is 4.24. The summed E-state index contributed by atoms with van der Waals surface area (Å²) in [5, 5.41) is 8.10. The third-order valence-corrected chi connectivity index (χ3v) is 3.27. The Morgan fingerprint density at radius 2 is 1.89 bits per heavy atom. The lowest BCUT2D eigenvalue weighted by Crippen LogP contribution is -2.07. The minimum Gasteiger partial charge on any atom is -0.396 e. The van der Waals surface area contributed by atoms with Crippen molar-refractivity contribution in [2.45, 2.75) is 0 Å². The van der Waals surface area contributed by atoms with Crippen molar-refractivity contribution in [3.63, 3.8) is 0 Å². The number of anilines is 2. The molecule has 0 saturated carbocycles. The number of pyridine rings is 1. The van der Waals surface area contributed by atoms with Crippen LogP contribution in [0.15, 0.2) is 34.9 Å². The summed E-state index contributed by atoms with van der Waals surface area (Å²) in [7, 11) is 0. The van der Waals surface area contributed by atoms with Crippen molar-refractivity contribution in [2.75, 3.05) is 11.5 Å². The molecule has 0 radical (unpaired) electrons. The van der Waals surface area contributed by atoms with Crippen LogP contribution >= 0.6 is 15.9 Å². The Hall–Kier alpha value is -2.15. The first-order valence-electron chi connectivity index (χ1n) is 5.18. The average molecular weight is 305 g/mol. The van der Waals surface area contributed by atoms with E-state index < -0.39 is 0 Å². The SMILES string of the molecule is Nc1c(Br)cnc(-n2nnc3ccccc32)c1N. The molecule has 0 bridgehead atoms. The van der Waals surface area contributed by atoms with Crippen molar-refractivity contribution in [1.29, 1.82) is 0 Å². The summed E-state index contributed by atoms with van der Waals surface area (Å²) in [6, 6.07) is 7.57. The summed E-state index contributed by atoms with van der Waals surface area (Å²) in [5.74, 6) is 0.476. The summed E-state index contributed by atoms with van der Waals surface area (Å²) >= 11 is 3.28. The zero-order chi connectivity index (χ0) is 12.7. The largest absolute Gasteiger partial charge is 0.396 e. The van der Waals surface area contributed by atoms with Gasteiger partial charge in [0, 0.05) is 6.20 Å². The Morgan fingerprint density at radius 3 is 2.72 bits per heavy atom. The fraction of sp³-hybridized carbons (Fsp3) is 0. The molecule has 2 aromatic heterocycles. The number of hydrogen-bond donors (Lipinski definition) is 2. The van der Waals surface area contributed by atoms with E-state index in [4.69, 9.17) is 11.5 Å². The molecule has 2 heterocycles. The molecule has 0 atom stereocenters. The van der Waals surface area contributed by atoms with E-state index in [2.05, 4.69) is 31.2 Å². The van der Waals surface area contributed by atoms with Gasteiger partial charge in [-0.1, -0.05) is 17.3 Å². The van der Waals surface area contributed by atoms with Gasteiger partial charge in [-0.25, -0.2) is 4.98 Å². The summed E-state index contributed by atoms with van der Waals surface area (Å²) in [6.45, 7) is 0. The number of hydrogen-bond acceptors (Lipinski definition) is 5. The molecule has 90 valence electrons. The van der Waals surface area contributed by atoms with Gasteiger partial charge < -0.3 is 11.5 Å². The van der Waals surface area contributed by atoms with Crippen LogP contribution in [0.4, 0.5) is 11.4 Å². The van der Waals surface area contributed by atoms with Crippen LogP contribution in [-0.4, -0.2) is 20.0 Å². The van der Waals surface area contributed by atoms with Crippen LogP contribution in [0.25, 0.3) is 16.9 Å². The molecule has 7 heteroatoms. The number of rotatable bonds is 1. The highest BCUT2D eigenvalue weighted by atomic mass is 79.9. The minimum atomic E-state index is 0.375. The Bertz CT molecular complexity index is 735. The maximum absolute atomic E-state index is 5.96. The highest BCUT2D eigenvalue weighted by Crippen LogP contribution is 2.29. The quantitative estimate of drug-likeness (QED) is 0.714. The van der Waals surface area contributed by atoms with Gasteiger partial charge in [-0.2, -0.15) is 4.68 Å². The molecule has 0 amide bonds. The molecule has 1 aromatic carbocycles. The van der Waals surface area contributed by atoms with E-state index in [0.29, 0.717) is 21.7 Å². The molecule has 6 nitrogen and oxygen atoms in total. The predicted octanol–water partition coefficient (Wildman–Crippen LogP) is 1.74. The lowest BCUT2D eigenvalue weighted by Gasteiger charge is -2.08. The van der Waals surface area contributed by atoms with E-state index >= 15 is 0 Å². The van der Waals surface area contributed by atoms with Crippen molar-refractivity contribution in [2.24, 2.45) is 0 Å². The fourth-order valence-electron chi connectivity index (χ4n) is 1.70. The Morgan fingerprint density at radius 1 is 1.11 bits per heavy atom. The van der Waals surface area contributed by atoms with Gasteiger partial charge in [0.15, 0.2) is 5.82 Å². The van der Waals surface area contributed by atoms with E-state index in [0.717, 1.165) is 11.0 Å². The molecular formula is C11H9BrN6. The molecule has 0 spiro atoms. The van der Waals surface area contributed by atoms with E-state index in [1.165, 1.54) is 0 Å². The zero-order valence-electron chi connectivity index (χ0n) is 9.21. The number of halogens is 1. The zero-order valence-corrected chi connectivity index (χ0v) is 10.8. The van der Waals surface area contributed by atoms with Gasteiger partial charge in [0.25, 0.3) is 0 Å². The lowest BCUT2D eigenvalue weighted by molar-refractivity contribution is 0.803. The summed E-state index contributed by atoms with van der Waals surface area (Å²) in [6.07, 6.45) is 1.59. The topological polar surface area (TPSA) is 95.6 Å². The van der Waals surface area contributed by atoms with E-state index in [1.807, 2.05) is 24.3 Å². The molecule has 0 aliphatic heterocycles. The van der Waals surface area contributed by atoms with Gasteiger partial charge >= 0.3 is 0 Å². The number of benzene rings is 1. The lowest BCUT2D eigenvalue weighted by atomic mass is 10.3. The minimum absolute atomic E-state index is 0.375. The molecule has 4 N–H and O–H groups in total. The molecule has 0 unspecified atom stereocenters. The molecule has 0 saturated heterocycles. The second kappa shape index (κ2) is 3.95. The standard InChI is InChI=1S/C11H9BrN6/c12-6-5-15-11(10(14)9(6)13)18-8-4-2-1-3-7(8)16-17-18/h1-5H,14H2,(H2,13,15). The van der Waals surface area contributed by atoms with Crippen molar-refractivity contribution >= 4 is 38.3 Å². The van der Waals surface area contributed by atoms with Gasteiger partial charge in [-0.05, 0) is 28.1 Å². The van der Waals surface area contributed by atoms with Crippen LogP contribution in [0.1, 0.15) is 0 Å². The smallest absolute Gasteiger partial charge is 0.181 e. The molecule has 0 aliphatic rings. The molecule has 3 aromatic rings. The third-order valence-electron chi connectivity index (χ3n) is 2.64. The molecule has 18 heavy (non-hydrogen) atoms. The Balaban J connectivity index is 2.30. The first-order valence-corrected chi connectivity index (χ1v) is 5.98. The average Bonchev–Trinajstić information content (AvgIpc) is 2.80. The maximum atomic E-state index is 5.96. The first kappa shape index (κ1) is 11.0. The second-order valence-corrected chi connectivity index (χ2v) is 4.60. The van der Waals surface area contributed by atoms with E-state index in [1.54, 1.807) is 10.9 Å². The van der Waals surface area contributed by atoms with Crippen molar-refractivity contribution in [3.8, 4) is 5.82 Å². The van der Waals surface area contributed by atoms with Gasteiger partial charge in [0.2, 0.25) is 0 Å². The summed E-state index contributed by atoms with van der Waals surface area (Å²) in [5.41, 5.74) is 14.2. The number of nitrogens with zero attached hydrogens (tertiary/aromatic N) is 4. The van der Waals surface area contributed by atoms with Crippen LogP contribution in [0.2, 0.25) is 0 Å². The van der Waals surface area contributed by atoms with Crippen LogP contribution in [-0.2, 0) is 0 Å². The van der Waals surface area contributed by atoms with Gasteiger partial charge in [-0.15, -0.1) is 5.10 Å². The molecule has 0 fully saturated rings. The van der Waals surface area contributed by atoms with Gasteiger partial charge in [0.1, 0.15) is 11.2 Å². The number of fused-ring (bicyclic) bond motifs is 1. The monoisotopic (exact) mass is 304 g/mol. The van der Waals surface area contributed by atoms with Crippen LogP contribution in [0.3, 0.4) is 0 Å². The van der Waals surface area contributed by atoms with Crippen molar-refractivity contribution in [1.82, 2.24) is 20.0 Å². The third kappa shape index (κ3) is 1.52. The van der Waals surface area contributed by atoms with Crippen LogP contribution in [0, 0.1) is 0 Å². The number of nitrogens with two attached hydrogens (primary N) is 2.